The van der Waals surface area contributed by atoms with E-state index in [-0.39, 0.29) is 53.1 Å². The van der Waals surface area contributed by atoms with E-state index in [0.29, 0.717) is 54.4 Å². The number of carbonyl (C=O) groups excluding carboxylic acids is 3. The molecule has 1 aliphatic heterocycles. The van der Waals surface area contributed by atoms with E-state index in [4.69, 9.17) is 13.6 Å². The number of ketones is 2. The first-order valence-electron chi connectivity index (χ1n) is 25.1. The van der Waals surface area contributed by atoms with Gasteiger partial charge in [-0.2, -0.15) is 0 Å². The van der Waals surface area contributed by atoms with Gasteiger partial charge in [-0.1, -0.05) is 107 Å². The van der Waals surface area contributed by atoms with E-state index in [1.165, 1.54) is 51.2 Å². The smallest absolute Gasteiger partial charge is 0.319 e. The SMILES string of the molecule is CC(C)(C)[Si](C)(C)O[C@H]1CCC2C3CCC4=CC(=O)CC[C@]4(CI)C3=CC[C@@]21C.COC(=O)C1SC23CC4C(=CC[C@@]5(C)C4CC[C@@H]5O[Si](C)(C)C(C)(C)C)[C@]4(CCC(=O)CC124)C3. The lowest BCUT2D eigenvalue weighted by atomic mass is 9.28. The monoisotopic (exact) mass is 1030 g/mol. The molecule has 0 aromatic rings. The number of hydrogen-bond acceptors (Lipinski definition) is 7. The number of thioether (sulfide) groups is 1. The lowest BCUT2D eigenvalue weighted by Gasteiger charge is -2.86. The number of allylic oxidation sites excluding steroid dienone is 6. The lowest BCUT2D eigenvalue weighted by Crippen LogP contribution is -2.86. The Morgan fingerprint density at radius 1 is 0.794 bits per heavy atom. The van der Waals surface area contributed by atoms with E-state index in [1.807, 2.05) is 17.8 Å². The molecule has 9 aliphatic carbocycles. The molecule has 0 N–H and O–H groups in total. The normalized spacial score (nSPS) is 44.8. The minimum atomic E-state index is -1.83. The summed E-state index contributed by atoms with van der Waals surface area (Å²) in [7, 11) is -2.09. The van der Waals surface area contributed by atoms with Crippen LogP contribution in [0.4, 0.5) is 0 Å². The van der Waals surface area contributed by atoms with Crippen molar-refractivity contribution in [3.05, 3.63) is 34.9 Å². The summed E-state index contributed by atoms with van der Waals surface area (Å²) in [4.78, 5) is 37.7. The van der Waals surface area contributed by atoms with Gasteiger partial charge < -0.3 is 13.6 Å². The molecule has 7 fully saturated rings. The molecule has 1 heterocycles. The molecule has 0 aromatic heterocycles. The van der Waals surface area contributed by atoms with Crippen LogP contribution in [0.2, 0.25) is 36.3 Å². The molecule has 63 heavy (non-hydrogen) atoms. The molecule has 1 saturated heterocycles. The molecule has 6 nitrogen and oxygen atoms in total. The predicted molar refractivity (Wildman–Crippen MR) is 270 cm³/mol. The minimum absolute atomic E-state index is 0.0492. The molecule has 0 radical (unpaired) electrons. The average Bonchev–Trinajstić information content (AvgIpc) is 3.71. The van der Waals surface area contributed by atoms with Gasteiger partial charge in [-0.25, -0.2) is 0 Å². The fraction of sp³-hybridized carbons (Fsp3) is 0.830. The predicted octanol–water partition coefficient (Wildman–Crippen LogP) is 13.5. The molecule has 1 spiro atoms. The number of Topliss-reactive ketones (excluding diaryl/α,β-unsaturated/α-hetero) is 1. The summed E-state index contributed by atoms with van der Waals surface area (Å²) in [5.41, 5.74) is 5.30. The highest BCUT2D eigenvalue weighted by Crippen LogP contribution is 2.91. The zero-order chi connectivity index (χ0) is 45.8. The highest BCUT2D eigenvalue weighted by atomic mass is 127. The van der Waals surface area contributed by atoms with Crippen molar-refractivity contribution in [1.82, 2.24) is 0 Å². The number of rotatable bonds is 6. The molecule has 10 heteroatoms. The van der Waals surface area contributed by atoms with Gasteiger partial charge in [0.15, 0.2) is 22.4 Å². The molecule has 6 saturated carbocycles. The fourth-order valence-electron chi connectivity index (χ4n) is 16.0. The quantitative estimate of drug-likeness (QED) is 0.0862. The number of fused-ring (bicyclic) bond motifs is 8. The number of esters is 1. The molecule has 7 unspecified atom stereocenters. The molecular formula is C53H81IO6SSi2. The molecular weight excluding hydrogens is 948 g/mol. The number of alkyl halides is 1. The van der Waals surface area contributed by atoms with E-state index < -0.39 is 16.6 Å². The Labute approximate surface area is 401 Å². The van der Waals surface area contributed by atoms with Crippen molar-refractivity contribution < 1.29 is 28.0 Å². The van der Waals surface area contributed by atoms with Crippen LogP contribution in [0.5, 0.6) is 0 Å². The van der Waals surface area contributed by atoms with E-state index in [2.05, 4.69) is 116 Å². The zero-order valence-corrected chi connectivity index (χ0v) is 46.3. The standard InChI is InChI=1S/C28H42O4SSi.C25H39IO2Si/c1-24(2,3)34(6,7)32-21-9-8-19-18-15-27-16-26(20(18)11-12-25(19,21)4)13-10-17(29)14-28(26,27)22(33-27)23(30)31-5;1-23(2,3)29(5,6)28-22-10-9-20-19-8-7-17-15-18(27)11-14-25(17,16-26)21(19)12-13-24(20,22)4/h11,18-19,21-22H,8-10,12-16H2,1-7H3;12,15,19-20,22H,7-11,13-14,16H2,1-6H3/t18?,19?,21-,22?,25-,26-,27?,28?;19?,20?,22-,24-,25+/m00/s1. The summed E-state index contributed by atoms with van der Waals surface area (Å²) < 4.78 is 20.6. The molecule has 2 bridgehead atoms. The fourth-order valence-corrected chi connectivity index (χ4v) is 22.6. The van der Waals surface area contributed by atoms with Gasteiger partial charge in [0.1, 0.15) is 11.0 Å². The number of halogens is 1. The Morgan fingerprint density at radius 3 is 1.92 bits per heavy atom. The number of methoxy groups -OCH3 is 1. The van der Waals surface area contributed by atoms with Crippen LogP contribution in [0.25, 0.3) is 0 Å². The third-order valence-electron chi connectivity index (χ3n) is 21.5. The molecule has 0 amide bonds. The number of hydrogen-bond donors (Lipinski definition) is 0. The van der Waals surface area contributed by atoms with Gasteiger partial charge in [0, 0.05) is 44.7 Å². The Kier molecular flexibility index (Phi) is 11.5. The second-order valence-corrected chi connectivity index (χ2v) is 37.9. The second-order valence-electron chi connectivity index (χ2n) is 26.1. The van der Waals surface area contributed by atoms with Gasteiger partial charge in [0.25, 0.3) is 0 Å². The van der Waals surface area contributed by atoms with E-state index in [9.17, 15) is 14.4 Å². The first-order valence-corrected chi connectivity index (χ1v) is 33.3. The Bertz CT molecular complexity index is 2050. The summed E-state index contributed by atoms with van der Waals surface area (Å²) in [6.07, 6.45) is 23.8. The van der Waals surface area contributed by atoms with Gasteiger partial charge in [0.05, 0.1) is 19.3 Å². The van der Waals surface area contributed by atoms with Gasteiger partial charge >= 0.3 is 5.97 Å². The van der Waals surface area contributed by atoms with Crippen LogP contribution in [0.3, 0.4) is 0 Å². The van der Waals surface area contributed by atoms with E-state index in [0.717, 1.165) is 55.3 Å². The van der Waals surface area contributed by atoms with Crippen molar-refractivity contribution in [2.45, 2.75) is 210 Å². The summed E-state index contributed by atoms with van der Waals surface area (Å²) in [6, 6.07) is 0. The first kappa shape index (κ1) is 47.5. The van der Waals surface area contributed by atoms with E-state index >= 15 is 0 Å². The summed E-state index contributed by atoms with van der Waals surface area (Å²) in [6.45, 7) is 28.8. The maximum atomic E-state index is 12.8. The van der Waals surface area contributed by atoms with Gasteiger partial charge in [-0.3, -0.25) is 14.4 Å². The largest absolute Gasteiger partial charge is 0.468 e. The van der Waals surface area contributed by atoms with Crippen LogP contribution >= 0.6 is 34.4 Å². The van der Waals surface area contributed by atoms with Crippen LogP contribution in [-0.2, 0) is 28.0 Å². The maximum Gasteiger partial charge on any atom is 0.319 e. The Morgan fingerprint density at radius 2 is 1.37 bits per heavy atom. The molecule has 0 aromatic carbocycles. The summed E-state index contributed by atoms with van der Waals surface area (Å²) in [5, 5.41) is 0.326. The number of carbonyl (C=O) groups is 3. The van der Waals surface area contributed by atoms with Gasteiger partial charge in [-0.05, 0) is 154 Å². The average molecular weight is 1030 g/mol. The maximum absolute atomic E-state index is 12.8. The topological polar surface area (TPSA) is 78.9 Å². The third kappa shape index (κ3) is 6.53. The molecule has 10 aliphatic rings. The van der Waals surface area contributed by atoms with Crippen molar-refractivity contribution in [2.75, 3.05) is 11.5 Å². The first-order chi connectivity index (χ1) is 29.2. The minimum Gasteiger partial charge on any atom is -0.468 e. The summed E-state index contributed by atoms with van der Waals surface area (Å²) >= 11 is 4.45. The van der Waals surface area contributed by atoms with Crippen molar-refractivity contribution in [3.63, 3.8) is 0 Å². The van der Waals surface area contributed by atoms with Crippen LogP contribution < -0.4 is 0 Å². The van der Waals surface area contributed by atoms with Crippen molar-refractivity contribution in [2.24, 2.45) is 50.7 Å². The Hall–Kier alpha value is -0.536. The molecule has 10 rings (SSSR count). The van der Waals surface area contributed by atoms with E-state index in [1.54, 1.807) is 11.1 Å². The third-order valence-corrected chi connectivity index (χ3v) is 33.8. The molecule has 13 atom stereocenters. The van der Waals surface area contributed by atoms with Crippen LogP contribution in [-0.4, -0.2) is 67.9 Å². The van der Waals surface area contributed by atoms with Crippen LogP contribution in [0.1, 0.15) is 152 Å². The van der Waals surface area contributed by atoms with Crippen molar-refractivity contribution in [1.29, 1.82) is 0 Å². The number of ether oxygens (including phenoxy) is 1. The molecule has 350 valence electrons. The van der Waals surface area contributed by atoms with Gasteiger partial charge in [0.2, 0.25) is 0 Å². The van der Waals surface area contributed by atoms with Crippen LogP contribution in [0, 0.1) is 50.7 Å². The Balaban J connectivity index is 0.000000162. The zero-order valence-electron chi connectivity index (χ0n) is 41.3. The van der Waals surface area contributed by atoms with Crippen molar-refractivity contribution in [3.8, 4) is 0 Å². The van der Waals surface area contributed by atoms with Crippen LogP contribution in [0.15, 0.2) is 34.9 Å². The van der Waals surface area contributed by atoms with Gasteiger partial charge in [-0.15, -0.1) is 11.8 Å². The highest BCUT2D eigenvalue weighted by Gasteiger charge is 2.89. The van der Waals surface area contributed by atoms with Crippen molar-refractivity contribution >= 4 is 68.5 Å². The second kappa shape index (κ2) is 15.2. The summed E-state index contributed by atoms with van der Waals surface area (Å²) in [5.74, 6) is 3.29. The lowest BCUT2D eigenvalue weighted by molar-refractivity contribution is -0.203. The highest BCUT2D eigenvalue weighted by molar-refractivity contribution is 14.1.